The smallest absolute Gasteiger partial charge is 0.342 e. The highest BCUT2D eigenvalue weighted by atomic mass is 19.4. The van der Waals surface area contributed by atoms with Gasteiger partial charge >= 0.3 is 6.18 Å². The predicted molar refractivity (Wildman–Crippen MR) is 81.2 cm³/mol. The minimum atomic E-state index is -4.47. The molecule has 12 heteroatoms. The molecule has 0 spiro atoms. The van der Waals surface area contributed by atoms with Crippen molar-refractivity contribution in [2.24, 2.45) is 0 Å². The quantitative estimate of drug-likeness (QED) is 0.736. The second kappa shape index (κ2) is 7.14. The summed E-state index contributed by atoms with van der Waals surface area (Å²) in [6.07, 6.45) is -1.95. The van der Waals surface area contributed by atoms with Crippen LogP contribution in [0.4, 0.5) is 13.2 Å². The Labute approximate surface area is 145 Å². The molecule has 0 bridgehead atoms. The van der Waals surface area contributed by atoms with Gasteiger partial charge in [0.15, 0.2) is 0 Å². The Morgan fingerprint density at radius 3 is 2.62 bits per heavy atom. The van der Waals surface area contributed by atoms with Crippen molar-refractivity contribution in [1.82, 2.24) is 35.6 Å². The topological polar surface area (TPSA) is 120 Å². The molecule has 2 aromatic heterocycles. The second-order valence-corrected chi connectivity index (χ2v) is 5.91. The maximum absolute atomic E-state index is 12.2. The number of H-pyrrole nitrogens is 2. The Kier molecular flexibility index (Phi) is 4.91. The summed E-state index contributed by atoms with van der Waals surface area (Å²) in [6.45, 7) is -0.437. The molecule has 140 valence electrons. The van der Waals surface area contributed by atoms with Gasteiger partial charge in [-0.15, -0.1) is 0 Å². The van der Waals surface area contributed by atoms with Crippen LogP contribution >= 0.6 is 0 Å². The number of carbonyl (C=O) groups is 2. The number of rotatable bonds is 4. The summed E-state index contributed by atoms with van der Waals surface area (Å²) in [6, 6.07) is 1.45. The van der Waals surface area contributed by atoms with E-state index < -0.39 is 18.6 Å². The van der Waals surface area contributed by atoms with Crippen molar-refractivity contribution in [3.63, 3.8) is 0 Å². The van der Waals surface area contributed by atoms with E-state index in [4.69, 9.17) is 0 Å². The lowest BCUT2D eigenvalue weighted by Gasteiger charge is -2.30. The van der Waals surface area contributed by atoms with Gasteiger partial charge in [0.05, 0.1) is 0 Å². The number of hydrogen-bond donors (Lipinski definition) is 3. The molecule has 0 aromatic carbocycles. The van der Waals surface area contributed by atoms with Crippen LogP contribution in [0.15, 0.2) is 12.4 Å². The zero-order chi connectivity index (χ0) is 18.7. The van der Waals surface area contributed by atoms with E-state index in [1.54, 1.807) is 10.2 Å². The van der Waals surface area contributed by atoms with Gasteiger partial charge in [-0.1, -0.05) is 0 Å². The molecule has 0 saturated carbocycles. The van der Waals surface area contributed by atoms with Gasteiger partial charge < -0.3 is 10.2 Å². The number of carbonyl (C=O) groups excluding carboxylic acids is 2. The fourth-order valence-corrected chi connectivity index (χ4v) is 2.79. The highest BCUT2D eigenvalue weighted by Crippen LogP contribution is 2.27. The first-order valence-electron chi connectivity index (χ1n) is 7.88. The average molecular weight is 371 g/mol. The van der Waals surface area contributed by atoms with Crippen LogP contribution in [-0.2, 0) is 0 Å². The van der Waals surface area contributed by atoms with Crippen LogP contribution in [-0.4, -0.2) is 67.9 Å². The molecular weight excluding hydrogens is 355 g/mol. The molecule has 1 fully saturated rings. The molecule has 9 nitrogen and oxygen atoms in total. The van der Waals surface area contributed by atoms with E-state index in [0.29, 0.717) is 31.6 Å². The minimum absolute atomic E-state index is 0.0328. The molecule has 0 aliphatic carbocycles. The van der Waals surface area contributed by atoms with Crippen molar-refractivity contribution in [3.05, 3.63) is 29.6 Å². The van der Waals surface area contributed by atoms with Crippen LogP contribution in [0, 0.1) is 0 Å². The van der Waals surface area contributed by atoms with Crippen molar-refractivity contribution >= 4 is 11.8 Å². The summed E-state index contributed by atoms with van der Waals surface area (Å²) in [5.74, 6) is -0.917. The lowest BCUT2D eigenvalue weighted by atomic mass is 9.93. The van der Waals surface area contributed by atoms with E-state index in [1.807, 2.05) is 0 Å². The maximum atomic E-state index is 12.2. The molecule has 0 unspecified atom stereocenters. The van der Waals surface area contributed by atoms with Gasteiger partial charge in [-0.25, -0.2) is 4.98 Å². The Morgan fingerprint density at radius 2 is 2.00 bits per heavy atom. The normalized spacial score (nSPS) is 15.9. The van der Waals surface area contributed by atoms with Crippen LogP contribution in [0.1, 0.15) is 45.6 Å². The van der Waals surface area contributed by atoms with E-state index in [1.165, 1.54) is 12.4 Å². The third-order valence-corrected chi connectivity index (χ3v) is 4.12. The predicted octanol–water partition coefficient (Wildman–Crippen LogP) is 0.840. The van der Waals surface area contributed by atoms with Gasteiger partial charge in [0.25, 0.3) is 11.8 Å². The summed E-state index contributed by atoms with van der Waals surface area (Å²) >= 11 is 0. The number of piperidine rings is 1. The lowest BCUT2D eigenvalue weighted by Crippen LogP contribution is -2.38. The highest BCUT2D eigenvalue weighted by Gasteiger charge is 2.30. The van der Waals surface area contributed by atoms with Crippen molar-refractivity contribution in [3.8, 4) is 0 Å². The minimum Gasteiger partial charge on any atom is -0.342 e. The Hall–Kier alpha value is -2.92. The molecule has 2 amide bonds. The summed E-state index contributed by atoms with van der Waals surface area (Å²) in [7, 11) is 0. The van der Waals surface area contributed by atoms with Crippen LogP contribution in [0.3, 0.4) is 0 Å². The molecular formula is C14H16F3N7O2. The summed E-state index contributed by atoms with van der Waals surface area (Å²) in [5.41, 5.74) is 0.568. The standard InChI is InChI=1S/C14H16F3N7O2/c15-14(16,17)6-18-12(25)10-5-9(21-22-10)8-1-3-24(4-2-8)13(26)11-19-7-20-23-11/h5,7-8H,1-4,6H2,(H,18,25)(H,21,22)(H,19,20,23). The average Bonchev–Trinajstić information content (AvgIpc) is 3.30. The van der Waals surface area contributed by atoms with Crippen molar-refractivity contribution in [2.45, 2.75) is 24.9 Å². The first-order valence-corrected chi connectivity index (χ1v) is 7.88. The molecule has 1 saturated heterocycles. The third-order valence-electron chi connectivity index (χ3n) is 4.12. The van der Waals surface area contributed by atoms with Crippen LogP contribution in [0.2, 0.25) is 0 Å². The molecule has 3 N–H and O–H groups in total. The zero-order valence-electron chi connectivity index (χ0n) is 13.5. The first-order chi connectivity index (χ1) is 12.3. The fraction of sp³-hybridized carbons (Fsp3) is 0.500. The van der Waals surface area contributed by atoms with Gasteiger partial charge in [-0.2, -0.15) is 23.4 Å². The van der Waals surface area contributed by atoms with E-state index in [-0.39, 0.29) is 23.3 Å². The van der Waals surface area contributed by atoms with E-state index in [9.17, 15) is 22.8 Å². The molecule has 1 aliphatic heterocycles. The van der Waals surface area contributed by atoms with E-state index in [0.717, 1.165) is 0 Å². The number of nitrogens with zero attached hydrogens (tertiary/aromatic N) is 4. The third kappa shape index (κ3) is 4.18. The monoisotopic (exact) mass is 371 g/mol. The molecule has 0 radical (unpaired) electrons. The summed E-state index contributed by atoms with van der Waals surface area (Å²) in [5, 5.41) is 14.4. The fourth-order valence-electron chi connectivity index (χ4n) is 2.79. The second-order valence-electron chi connectivity index (χ2n) is 5.91. The molecule has 3 heterocycles. The zero-order valence-corrected chi connectivity index (χ0v) is 13.5. The molecule has 2 aromatic rings. The van der Waals surface area contributed by atoms with Crippen LogP contribution < -0.4 is 5.32 Å². The van der Waals surface area contributed by atoms with E-state index in [2.05, 4.69) is 25.4 Å². The van der Waals surface area contributed by atoms with E-state index >= 15 is 0 Å². The Balaban J connectivity index is 1.54. The molecule has 3 rings (SSSR count). The number of aromatic nitrogens is 5. The Bertz CT molecular complexity index is 764. The van der Waals surface area contributed by atoms with Gasteiger partial charge in [0.1, 0.15) is 18.6 Å². The van der Waals surface area contributed by atoms with Gasteiger partial charge in [-0.3, -0.25) is 19.8 Å². The van der Waals surface area contributed by atoms with Gasteiger partial charge in [0.2, 0.25) is 5.82 Å². The number of amides is 2. The summed E-state index contributed by atoms with van der Waals surface area (Å²) < 4.78 is 36.4. The molecule has 0 atom stereocenters. The number of alkyl halides is 3. The molecule has 26 heavy (non-hydrogen) atoms. The lowest BCUT2D eigenvalue weighted by molar-refractivity contribution is -0.123. The Morgan fingerprint density at radius 1 is 1.27 bits per heavy atom. The van der Waals surface area contributed by atoms with Gasteiger partial charge in [-0.05, 0) is 18.9 Å². The number of hydrogen-bond acceptors (Lipinski definition) is 5. The SMILES string of the molecule is O=C(NCC(F)(F)F)c1cc(C2CCN(C(=O)c3ncn[nH]3)CC2)[nH]n1. The van der Waals surface area contributed by atoms with Crippen molar-refractivity contribution < 1.29 is 22.8 Å². The largest absolute Gasteiger partial charge is 0.405 e. The van der Waals surface area contributed by atoms with Crippen LogP contribution in [0.5, 0.6) is 0 Å². The molecule has 1 aliphatic rings. The number of halogens is 3. The van der Waals surface area contributed by atoms with Crippen molar-refractivity contribution in [2.75, 3.05) is 19.6 Å². The highest BCUT2D eigenvalue weighted by molar-refractivity contribution is 5.92. The number of nitrogens with one attached hydrogen (secondary N) is 3. The summed E-state index contributed by atoms with van der Waals surface area (Å²) in [4.78, 5) is 29.3. The number of likely N-dealkylation sites (tertiary alicyclic amines) is 1. The van der Waals surface area contributed by atoms with Gasteiger partial charge in [0, 0.05) is 24.7 Å². The number of aromatic amines is 2. The first kappa shape index (κ1) is 17.9. The van der Waals surface area contributed by atoms with Crippen LogP contribution in [0.25, 0.3) is 0 Å². The maximum Gasteiger partial charge on any atom is 0.405 e. The van der Waals surface area contributed by atoms with Crippen molar-refractivity contribution in [1.29, 1.82) is 0 Å².